The van der Waals surface area contributed by atoms with Crippen LogP contribution in [0.1, 0.15) is 24.1 Å². The Bertz CT molecular complexity index is 547. The Labute approximate surface area is 120 Å². The van der Waals surface area contributed by atoms with Gasteiger partial charge in [-0.05, 0) is 24.6 Å². The number of carbonyl (C=O) groups is 1. The number of benzene rings is 1. The van der Waals surface area contributed by atoms with Gasteiger partial charge in [-0.25, -0.2) is 4.79 Å². The molecule has 0 bridgehead atoms. The van der Waals surface area contributed by atoms with E-state index in [1.54, 1.807) is 36.5 Å². The van der Waals surface area contributed by atoms with Gasteiger partial charge < -0.3 is 15.7 Å². The Hall–Kier alpha value is -2.20. The maximum absolute atomic E-state index is 12.0. The molecule has 114 valence electrons. The summed E-state index contributed by atoms with van der Waals surface area (Å²) in [4.78, 5) is 11.3. The molecule has 0 aliphatic rings. The van der Waals surface area contributed by atoms with Gasteiger partial charge in [-0.2, -0.15) is 13.2 Å². The molecule has 1 aromatic rings. The summed E-state index contributed by atoms with van der Waals surface area (Å²) in [5.41, 5.74) is 1.34. The quantitative estimate of drug-likeness (QED) is 0.747. The maximum atomic E-state index is 12.0. The summed E-state index contributed by atoms with van der Waals surface area (Å²) in [5.74, 6) is 5.20. The smallest absolute Gasteiger partial charge is 0.384 e. The van der Waals surface area contributed by atoms with Crippen LogP contribution in [-0.2, 0) is 0 Å². The van der Waals surface area contributed by atoms with Crippen molar-refractivity contribution in [2.24, 2.45) is 0 Å². The molecule has 1 aromatic carbocycles. The van der Waals surface area contributed by atoms with Crippen LogP contribution in [0.15, 0.2) is 24.3 Å². The molecule has 1 rings (SSSR count). The third-order valence-electron chi connectivity index (χ3n) is 2.50. The van der Waals surface area contributed by atoms with Crippen LogP contribution in [0.3, 0.4) is 0 Å². The zero-order chi connectivity index (χ0) is 15.9. The van der Waals surface area contributed by atoms with Gasteiger partial charge in [0, 0.05) is 5.56 Å². The summed E-state index contributed by atoms with van der Waals surface area (Å²) in [7, 11) is 0. The van der Waals surface area contributed by atoms with Crippen LogP contribution < -0.4 is 10.6 Å². The molecule has 1 unspecified atom stereocenters. The van der Waals surface area contributed by atoms with Gasteiger partial charge in [-0.3, -0.25) is 0 Å². The zero-order valence-corrected chi connectivity index (χ0v) is 11.3. The minimum atomic E-state index is -4.44. The number of aliphatic hydroxyl groups excluding tert-OH is 1. The number of halogens is 3. The van der Waals surface area contributed by atoms with E-state index in [4.69, 9.17) is 5.11 Å². The number of aliphatic hydroxyl groups is 1. The number of hydrogen-bond acceptors (Lipinski definition) is 2. The molecule has 2 amide bonds. The van der Waals surface area contributed by atoms with Crippen molar-refractivity contribution in [1.82, 2.24) is 10.6 Å². The van der Waals surface area contributed by atoms with Gasteiger partial charge in [-0.1, -0.05) is 24.0 Å². The average Bonchev–Trinajstić information content (AvgIpc) is 2.42. The zero-order valence-electron chi connectivity index (χ0n) is 11.3. The van der Waals surface area contributed by atoms with Crippen molar-refractivity contribution in [2.75, 3.05) is 13.2 Å². The first kappa shape index (κ1) is 16.9. The van der Waals surface area contributed by atoms with Gasteiger partial charge in [0.15, 0.2) is 0 Å². The van der Waals surface area contributed by atoms with Crippen LogP contribution in [0.2, 0.25) is 0 Å². The summed E-state index contributed by atoms with van der Waals surface area (Å²) in [5, 5.41) is 12.8. The third kappa shape index (κ3) is 6.68. The van der Waals surface area contributed by atoms with E-state index in [9.17, 15) is 18.0 Å². The van der Waals surface area contributed by atoms with E-state index >= 15 is 0 Å². The van der Waals surface area contributed by atoms with E-state index in [2.05, 4.69) is 17.2 Å². The fraction of sp³-hybridized carbons (Fsp3) is 0.357. The van der Waals surface area contributed by atoms with Crippen LogP contribution in [0.4, 0.5) is 18.0 Å². The van der Waals surface area contributed by atoms with Crippen LogP contribution in [-0.4, -0.2) is 30.5 Å². The number of nitrogens with one attached hydrogen (secondary N) is 2. The summed E-state index contributed by atoms with van der Waals surface area (Å²) >= 11 is 0. The highest BCUT2D eigenvalue weighted by Gasteiger charge is 2.27. The lowest BCUT2D eigenvalue weighted by molar-refractivity contribution is -0.122. The van der Waals surface area contributed by atoms with E-state index in [-0.39, 0.29) is 6.61 Å². The van der Waals surface area contributed by atoms with Crippen molar-refractivity contribution in [3.05, 3.63) is 35.4 Å². The standard InChI is InChI=1S/C14H15F3N2O2/c1-10(19-13(21)18-9-14(15,16)17)12-6-2-4-11(8-12)5-3-7-20/h2,4,6,8,10,20H,7,9H2,1H3,(H2,18,19,21). The van der Waals surface area contributed by atoms with Crippen molar-refractivity contribution in [1.29, 1.82) is 0 Å². The van der Waals surface area contributed by atoms with Gasteiger partial charge in [0.05, 0.1) is 6.04 Å². The minimum Gasteiger partial charge on any atom is -0.384 e. The molecule has 7 heteroatoms. The highest BCUT2D eigenvalue weighted by molar-refractivity contribution is 5.74. The molecule has 4 nitrogen and oxygen atoms in total. The maximum Gasteiger partial charge on any atom is 0.405 e. The Balaban J connectivity index is 2.63. The van der Waals surface area contributed by atoms with E-state index in [0.717, 1.165) is 0 Å². The summed E-state index contributed by atoms with van der Waals surface area (Å²) < 4.78 is 35.9. The first-order chi connectivity index (χ1) is 9.81. The highest BCUT2D eigenvalue weighted by Crippen LogP contribution is 2.14. The lowest BCUT2D eigenvalue weighted by Gasteiger charge is -2.16. The highest BCUT2D eigenvalue weighted by atomic mass is 19.4. The lowest BCUT2D eigenvalue weighted by Crippen LogP contribution is -2.41. The molecular weight excluding hydrogens is 285 g/mol. The number of carbonyl (C=O) groups excluding carboxylic acids is 1. The Morgan fingerprint density at radius 3 is 2.76 bits per heavy atom. The molecule has 0 fully saturated rings. The van der Waals surface area contributed by atoms with Crippen molar-refractivity contribution >= 4 is 6.03 Å². The second kappa shape index (κ2) is 7.55. The van der Waals surface area contributed by atoms with Gasteiger partial charge in [0.25, 0.3) is 0 Å². The predicted molar refractivity (Wildman–Crippen MR) is 71.4 cm³/mol. The summed E-state index contributed by atoms with van der Waals surface area (Å²) in [6.45, 7) is -0.00278. The van der Waals surface area contributed by atoms with Gasteiger partial charge in [0.1, 0.15) is 13.2 Å². The fourth-order valence-corrected chi connectivity index (χ4v) is 1.54. The van der Waals surface area contributed by atoms with Crippen molar-refractivity contribution in [2.45, 2.75) is 19.1 Å². The van der Waals surface area contributed by atoms with Gasteiger partial charge in [-0.15, -0.1) is 0 Å². The number of rotatable bonds is 3. The number of urea groups is 1. The molecule has 0 saturated heterocycles. The molecular formula is C14H15F3N2O2. The van der Waals surface area contributed by atoms with Crippen LogP contribution in [0.5, 0.6) is 0 Å². The van der Waals surface area contributed by atoms with Gasteiger partial charge in [0.2, 0.25) is 0 Å². The molecule has 0 aromatic heterocycles. The van der Waals surface area contributed by atoms with E-state index < -0.39 is 24.8 Å². The number of hydrogen-bond donors (Lipinski definition) is 3. The first-order valence-corrected chi connectivity index (χ1v) is 6.12. The second-order valence-corrected chi connectivity index (χ2v) is 4.25. The molecule has 1 atom stereocenters. The molecule has 0 spiro atoms. The molecule has 3 N–H and O–H groups in total. The van der Waals surface area contributed by atoms with E-state index in [1.165, 1.54) is 0 Å². The van der Waals surface area contributed by atoms with Crippen LogP contribution in [0.25, 0.3) is 0 Å². The van der Waals surface area contributed by atoms with Gasteiger partial charge >= 0.3 is 12.2 Å². The van der Waals surface area contributed by atoms with Crippen molar-refractivity contribution < 1.29 is 23.1 Å². The molecule has 0 radical (unpaired) electrons. The molecule has 0 aliphatic carbocycles. The summed E-state index contributed by atoms with van der Waals surface area (Å²) in [6.07, 6.45) is -4.44. The summed E-state index contributed by atoms with van der Waals surface area (Å²) in [6, 6.07) is 5.47. The monoisotopic (exact) mass is 300 g/mol. The fourth-order valence-electron chi connectivity index (χ4n) is 1.54. The first-order valence-electron chi connectivity index (χ1n) is 6.12. The molecule has 21 heavy (non-hydrogen) atoms. The largest absolute Gasteiger partial charge is 0.405 e. The molecule has 0 heterocycles. The SMILES string of the molecule is CC(NC(=O)NCC(F)(F)F)c1cccc(C#CCO)c1. The molecule has 0 aliphatic heterocycles. The average molecular weight is 300 g/mol. The van der Waals surface area contributed by atoms with Crippen LogP contribution >= 0.6 is 0 Å². The van der Waals surface area contributed by atoms with Crippen molar-refractivity contribution in [3.8, 4) is 11.8 Å². The Morgan fingerprint density at radius 1 is 1.43 bits per heavy atom. The Kier molecular flexibility index (Phi) is 6.06. The Morgan fingerprint density at radius 2 is 2.14 bits per heavy atom. The lowest BCUT2D eigenvalue weighted by atomic mass is 10.1. The normalized spacial score (nSPS) is 12.0. The van der Waals surface area contributed by atoms with Crippen LogP contribution in [0, 0.1) is 11.8 Å². The molecule has 0 saturated carbocycles. The van der Waals surface area contributed by atoms with E-state index in [0.29, 0.717) is 11.1 Å². The number of amides is 2. The number of alkyl halides is 3. The van der Waals surface area contributed by atoms with Crippen molar-refractivity contribution in [3.63, 3.8) is 0 Å². The topological polar surface area (TPSA) is 61.4 Å². The third-order valence-corrected chi connectivity index (χ3v) is 2.50. The predicted octanol–water partition coefficient (Wildman–Crippen LogP) is 1.95. The van der Waals surface area contributed by atoms with E-state index in [1.807, 2.05) is 0 Å². The minimum absolute atomic E-state index is 0.266. The second-order valence-electron chi connectivity index (χ2n) is 4.25.